The summed E-state index contributed by atoms with van der Waals surface area (Å²) in [7, 11) is 0. The first-order chi connectivity index (χ1) is 11.9. The van der Waals surface area contributed by atoms with Gasteiger partial charge in [-0.1, -0.05) is 0 Å². The van der Waals surface area contributed by atoms with Crippen LogP contribution in [0.15, 0.2) is 32.0 Å². The van der Waals surface area contributed by atoms with Crippen LogP contribution in [0, 0.1) is 13.8 Å². The van der Waals surface area contributed by atoms with Gasteiger partial charge >= 0.3 is 5.63 Å². The van der Waals surface area contributed by atoms with Gasteiger partial charge in [0, 0.05) is 23.4 Å². The molecule has 1 aromatic carbocycles. The van der Waals surface area contributed by atoms with Crippen molar-refractivity contribution in [2.45, 2.75) is 26.4 Å². The quantitative estimate of drug-likeness (QED) is 0.598. The van der Waals surface area contributed by atoms with Crippen LogP contribution in [0.2, 0.25) is 0 Å². The third-order valence-corrected chi connectivity index (χ3v) is 4.26. The van der Waals surface area contributed by atoms with Gasteiger partial charge in [-0.25, -0.2) is 4.79 Å². The standard InChI is InChI=1S/C18H19NO6/c1-9-8-24-15-5-16-13(3-12(9)15)10(2)14(18(23)25-16)4-17(22)19-6-11(21)7-20/h3,5,8,11,20-21H,4,6-7H2,1-2H3,(H,19,22)/t11-/m0/s1. The molecule has 1 atom stereocenters. The second-order valence-electron chi connectivity index (χ2n) is 6.07. The molecule has 0 aliphatic carbocycles. The summed E-state index contributed by atoms with van der Waals surface area (Å²) in [6.45, 7) is 3.16. The molecule has 25 heavy (non-hydrogen) atoms. The first-order valence-corrected chi connectivity index (χ1v) is 7.90. The smallest absolute Gasteiger partial charge is 0.340 e. The van der Waals surface area contributed by atoms with Gasteiger partial charge in [0.15, 0.2) is 0 Å². The molecule has 132 valence electrons. The Hall–Kier alpha value is -2.64. The third-order valence-electron chi connectivity index (χ3n) is 4.26. The van der Waals surface area contributed by atoms with E-state index in [2.05, 4.69) is 5.32 Å². The first-order valence-electron chi connectivity index (χ1n) is 7.90. The molecule has 7 heteroatoms. The number of carbonyl (C=O) groups excluding carboxylic acids is 1. The van der Waals surface area contributed by atoms with Crippen molar-refractivity contribution in [3.8, 4) is 0 Å². The number of amides is 1. The number of benzene rings is 1. The molecule has 2 aromatic heterocycles. The van der Waals surface area contributed by atoms with Crippen LogP contribution in [-0.4, -0.2) is 35.4 Å². The lowest BCUT2D eigenvalue weighted by Gasteiger charge is -2.10. The molecular weight excluding hydrogens is 326 g/mol. The average Bonchev–Trinajstić information content (AvgIpc) is 2.95. The number of hydrogen-bond acceptors (Lipinski definition) is 6. The van der Waals surface area contributed by atoms with E-state index < -0.39 is 24.2 Å². The van der Waals surface area contributed by atoms with Crippen molar-refractivity contribution in [1.82, 2.24) is 5.32 Å². The summed E-state index contributed by atoms with van der Waals surface area (Å²) in [5.41, 5.74) is 2.38. The summed E-state index contributed by atoms with van der Waals surface area (Å²) in [5.74, 6) is -0.428. The summed E-state index contributed by atoms with van der Waals surface area (Å²) in [4.78, 5) is 24.3. The molecule has 0 bridgehead atoms. The molecule has 3 aromatic rings. The number of hydrogen-bond donors (Lipinski definition) is 3. The van der Waals surface area contributed by atoms with Gasteiger partial charge in [0.2, 0.25) is 5.91 Å². The fraction of sp³-hybridized carbons (Fsp3) is 0.333. The maximum absolute atomic E-state index is 12.3. The maximum Gasteiger partial charge on any atom is 0.340 e. The van der Waals surface area contributed by atoms with E-state index in [1.165, 1.54) is 0 Å². The summed E-state index contributed by atoms with van der Waals surface area (Å²) in [5, 5.41) is 22.2. The van der Waals surface area contributed by atoms with Crippen molar-refractivity contribution in [1.29, 1.82) is 0 Å². The van der Waals surface area contributed by atoms with Crippen molar-refractivity contribution in [3.63, 3.8) is 0 Å². The molecule has 0 radical (unpaired) electrons. The SMILES string of the molecule is Cc1coc2cc3oc(=O)c(CC(=O)NC[C@H](O)CO)c(C)c3cc12. The summed E-state index contributed by atoms with van der Waals surface area (Å²) in [6, 6.07) is 3.56. The zero-order valence-electron chi connectivity index (χ0n) is 14.0. The minimum absolute atomic E-state index is 0.0812. The van der Waals surface area contributed by atoms with Crippen molar-refractivity contribution in [3.05, 3.63) is 45.5 Å². The molecule has 0 saturated heterocycles. The number of aryl methyl sites for hydroxylation is 2. The molecule has 0 aliphatic rings. The van der Waals surface area contributed by atoms with E-state index in [1.54, 1.807) is 19.3 Å². The Bertz CT molecular complexity index is 1000. The van der Waals surface area contributed by atoms with Crippen LogP contribution >= 0.6 is 0 Å². The van der Waals surface area contributed by atoms with E-state index in [0.717, 1.165) is 16.3 Å². The molecular formula is C18H19NO6. The summed E-state index contributed by atoms with van der Waals surface area (Å²) >= 11 is 0. The van der Waals surface area contributed by atoms with Crippen molar-refractivity contribution in [2.24, 2.45) is 0 Å². The van der Waals surface area contributed by atoms with Gasteiger partial charge in [-0.3, -0.25) is 4.79 Å². The van der Waals surface area contributed by atoms with Gasteiger partial charge in [0.25, 0.3) is 0 Å². The fourth-order valence-corrected chi connectivity index (χ4v) is 2.76. The minimum atomic E-state index is -1.03. The zero-order valence-corrected chi connectivity index (χ0v) is 14.0. The number of fused-ring (bicyclic) bond motifs is 2. The number of furan rings is 1. The predicted molar refractivity (Wildman–Crippen MR) is 91.5 cm³/mol. The number of aliphatic hydroxyl groups is 2. The lowest BCUT2D eigenvalue weighted by molar-refractivity contribution is -0.121. The Labute approximate surface area is 142 Å². The van der Waals surface area contributed by atoms with Gasteiger partial charge in [-0.2, -0.15) is 0 Å². The van der Waals surface area contributed by atoms with Gasteiger partial charge in [-0.05, 0) is 31.0 Å². The number of carbonyl (C=O) groups is 1. The average molecular weight is 345 g/mol. The van der Waals surface area contributed by atoms with Crippen molar-refractivity contribution < 1.29 is 23.8 Å². The molecule has 1 amide bonds. The van der Waals surface area contributed by atoms with Gasteiger partial charge < -0.3 is 24.4 Å². The fourth-order valence-electron chi connectivity index (χ4n) is 2.76. The number of aliphatic hydroxyl groups excluding tert-OH is 2. The predicted octanol–water partition coefficient (Wildman–Crippen LogP) is 1.17. The largest absolute Gasteiger partial charge is 0.464 e. The van der Waals surface area contributed by atoms with Crippen LogP contribution in [0.3, 0.4) is 0 Å². The zero-order chi connectivity index (χ0) is 18.1. The van der Waals surface area contributed by atoms with E-state index in [-0.39, 0.29) is 18.5 Å². The van der Waals surface area contributed by atoms with E-state index >= 15 is 0 Å². The molecule has 7 nitrogen and oxygen atoms in total. The van der Waals surface area contributed by atoms with Gasteiger partial charge in [0.05, 0.1) is 31.0 Å². The van der Waals surface area contributed by atoms with Crippen LogP contribution in [0.1, 0.15) is 16.7 Å². The van der Waals surface area contributed by atoms with Crippen LogP contribution in [0.4, 0.5) is 0 Å². The highest BCUT2D eigenvalue weighted by Gasteiger charge is 2.17. The maximum atomic E-state index is 12.3. The lowest BCUT2D eigenvalue weighted by Crippen LogP contribution is -2.35. The molecule has 3 rings (SSSR count). The van der Waals surface area contributed by atoms with Crippen LogP contribution < -0.4 is 10.9 Å². The Morgan fingerprint density at radius 1 is 1.24 bits per heavy atom. The third kappa shape index (κ3) is 3.29. The Morgan fingerprint density at radius 3 is 2.72 bits per heavy atom. The molecule has 0 spiro atoms. The van der Waals surface area contributed by atoms with E-state index in [4.69, 9.17) is 13.9 Å². The monoisotopic (exact) mass is 345 g/mol. The van der Waals surface area contributed by atoms with E-state index in [9.17, 15) is 14.7 Å². The van der Waals surface area contributed by atoms with Crippen LogP contribution in [0.25, 0.3) is 21.9 Å². The van der Waals surface area contributed by atoms with Crippen LogP contribution in [0.5, 0.6) is 0 Å². The number of rotatable bonds is 5. The van der Waals surface area contributed by atoms with Crippen molar-refractivity contribution >= 4 is 27.8 Å². The molecule has 0 aliphatic heterocycles. The van der Waals surface area contributed by atoms with E-state index in [0.29, 0.717) is 16.7 Å². The van der Waals surface area contributed by atoms with Crippen LogP contribution in [-0.2, 0) is 11.2 Å². The highest BCUT2D eigenvalue weighted by atomic mass is 16.4. The summed E-state index contributed by atoms with van der Waals surface area (Å²) < 4.78 is 10.8. The number of nitrogens with one attached hydrogen (secondary N) is 1. The molecule has 0 fully saturated rings. The first kappa shape index (κ1) is 17.2. The Kier molecular flexibility index (Phi) is 4.61. The normalized spacial score (nSPS) is 12.6. The highest BCUT2D eigenvalue weighted by molar-refractivity contribution is 5.96. The van der Waals surface area contributed by atoms with Gasteiger partial charge in [-0.15, -0.1) is 0 Å². The van der Waals surface area contributed by atoms with E-state index in [1.807, 2.05) is 13.0 Å². The molecule has 2 heterocycles. The second-order valence-corrected chi connectivity index (χ2v) is 6.07. The van der Waals surface area contributed by atoms with Crippen molar-refractivity contribution in [2.75, 3.05) is 13.2 Å². The topological polar surface area (TPSA) is 113 Å². The Balaban J connectivity index is 1.98. The molecule has 0 saturated carbocycles. The molecule has 3 N–H and O–H groups in total. The lowest BCUT2D eigenvalue weighted by atomic mass is 10.0. The van der Waals surface area contributed by atoms with Gasteiger partial charge in [0.1, 0.15) is 11.2 Å². The minimum Gasteiger partial charge on any atom is -0.464 e. The molecule has 0 unspecified atom stereocenters. The second kappa shape index (κ2) is 6.70. The highest BCUT2D eigenvalue weighted by Crippen LogP contribution is 2.28. The Morgan fingerprint density at radius 2 is 2.00 bits per heavy atom. The summed E-state index contributed by atoms with van der Waals surface area (Å²) in [6.07, 6.45) is 0.443.